The highest BCUT2D eigenvalue weighted by Gasteiger charge is 2.42. The third-order valence-electron chi connectivity index (χ3n) is 12.0. The van der Waals surface area contributed by atoms with Crippen LogP contribution >= 0.6 is 0 Å². The normalized spacial score (nSPS) is 20.2. The Kier molecular flexibility index (Phi) is 17.9. The van der Waals surface area contributed by atoms with Crippen molar-refractivity contribution in [2.45, 2.75) is 48.2 Å². The number of rotatable bonds is 24. The molecular formula is C60H58O9. The van der Waals surface area contributed by atoms with Gasteiger partial charge in [0.2, 0.25) is 0 Å². The second-order valence-electron chi connectivity index (χ2n) is 16.3. The minimum Gasteiger partial charge on any atom is -0.377 e. The molecule has 9 nitrogen and oxygen atoms in total. The van der Waals surface area contributed by atoms with E-state index >= 15 is 0 Å². The molecule has 0 bridgehead atoms. The second kappa shape index (κ2) is 25.2. The molecule has 0 amide bonds. The molecule has 0 saturated heterocycles. The first-order valence-electron chi connectivity index (χ1n) is 23.3. The molecule has 69 heavy (non-hydrogen) atoms. The van der Waals surface area contributed by atoms with Crippen molar-refractivity contribution in [3.8, 4) is 24.7 Å². The van der Waals surface area contributed by atoms with Crippen LogP contribution in [0.4, 0.5) is 0 Å². The average molecular weight is 923 g/mol. The molecule has 0 N–H and O–H groups in total. The molecule has 6 aromatic rings. The van der Waals surface area contributed by atoms with Crippen molar-refractivity contribution in [1.82, 2.24) is 0 Å². The van der Waals surface area contributed by atoms with Crippen LogP contribution < -0.4 is 0 Å². The van der Waals surface area contributed by atoms with Crippen molar-refractivity contribution in [2.75, 3.05) is 52.9 Å². The summed E-state index contributed by atoms with van der Waals surface area (Å²) in [4.78, 5) is 0. The zero-order valence-electron chi connectivity index (χ0n) is 38.6. The maximum atomic E-state index is 7.10. The lowest BCUT2D eigenvalue weighted by Gasteiger charge is -2.39. The summed E-state index contributed by atoms with van der Waals surface area (Å²) < 4.78 is 57.5. The van der Waals surface area contributed by atoms with E-state index in [2.05, 4.69) is 84.6 Å². The molecule has 0 radical (unpaired) electrons. The molecular weight excluding hydrogens is 865 g/mol. The van der Waals surface area contributed by atoms with Crippen LogP contribution in [0.5, 0.6) is 0 Å². The predicted molar refractivity (Wildman–Crippen MR) is 266 cm³/mol. The lowest BCUT2D eigenvalue weighted by molar-refractivity contribution is -0.206. The van der Waals surface area contributed by atoms with E-state index in [1.807, 2.05) is 133 Å². The van der Waals surface area contributed by atoms with Crippen molar-refractivity contribution in [2.24, 2.45) is 0 Å². The molecule has 2 aliphatic rings. The van der Waals surface area contributed by atoms with E-state index in [-0.39, 0.29) is 39.6 Å². The quantitative estimate of drug-likeness (QED) is 0.0255. The summed E-state index contributed by atoms with van der Waals surface area (Å²) in [5.74, 6) is 5.15. The van der Waals surface area contributed by atoms with Gasteiger partial charge in [-0.1, -0.05) is 206 Å². The summed E-state index contributed by atoms with van der Waals surface area (Å²) in [7, 11) is 0. The summed E-state index contributed by atoms with van der Waals surface area (Å²) in [6.07, 6.45) is 15.4. The van der Waals surface area contributed by atoms with Crippen molar-refractivity contribution >= 4 is 0 Å². The Hall–Kier alpha value is -6.44. The first-order valence-corrected chi connectivity index (χ1v) is 23.3. The third kappa shape index (κ3) is 12.2. The van der Waals surface area contributed by atoms with Crippen molar-refractivity contribution in [3.63, 3.8) is 0 Å². The maximum absolute atomic E-state index is 7.10. The van der Waals surface area contributed by atoms with Gasteiger partial charge in [-0.05, 0) is 45.5 Å². The van der Waals surface area contributed by atoms with E-state index in [0.29, 0.717) is 13.2 Å². The number of ether oxygens (including phenoxy) is 9. The molecule has 6 aromatic carbocycles. The highest BCUT2D eigenvalue weighted by molar-refractivity contribution is 5.49. The number of hydrogen-bond acceptors (Lipinski definition) is 9. The van der Waals surface area contributed by atoms with E-state index in [9.17, 15) is 0 Å². The van der Waals surface area contributed by atoms with Gasteiger partial charge >= 0.3 is 0 Å². The van der Waals surface area contributed by atoms with Crippen LogP contribution in [0.25, 0.3) is 0 Å². The second-order valence-corrected chi connectivity index (χ2v) is 16.3. The first-order chi connectivity index (χ1) is 34.1. The fraction of sp³-hybridized carbons (Fsp3) is 0.267. The largest absolute Gasteiger partial charge is 0.377 e. The van der Waals surface area contributed by atoms with Crippen molar-refractivity contribution in [1.29, 1.82) is 0 Å². The Bertz CT molecular complexity index is 2190. The van der Waals surface area contributed by atoms with Gasteiger partial charge in [-0.25, -0.2) is 0 Å². The summed E-state index contributed by atoms with van der Waals surface area (Å²) in [6, 6.07) is 61.2. The summed E-state index contributed by atoms with van der Waals surface area (Å²) in [6.45, 7) is 1.70. The highest BCUT2D eigenvalue weighted by Crippen LogP contribution is 2.42. The fourth-order valence-electron chi connectivity index (χ4n) is 8.81. The van der Waals surface area contributed by atoms with Crippen LogP contribution in [0.2, 0.25) is 0 Å². The molecule has 8 rings (SSSR count). The van der Waals surface area contributed by atoms with Crippen molar-refractivity contribution in [3.05, 3.63) is 240 Å². The molecule has 0 unspecified atom stereocenters. The van der Waals surface area contributed by atoms with Crippen molar-refractivity contribution < 1.29 is 42.6 Å². The van der Waals surface area contributed by atoms with Crippen LogP contribution in [0.3, 0.4) is 0 Å². The van der Waals surface area contributed by atoms with Gasteiger partial charge in [0.05, 0.1) is 39.6 Å². The summed E-state index contributed by atoms with van der Waals surface area (Å²) in [5.41, 5.74) is 4.00. The Morgan fingerprint density at radius 2 is 0.667 bits per heavy atom. The summed E-state index contributed by atoms with van der Waals surface area (Å²) >= 11 is 0. The lowest BCUT2D eigenvalue weighted by Crippen LogP contribution is -2.44. The minimum absolute atomic E-state index is 0.116. The first kappa shape index (κ1) is 49.0. The van der Waals surface area contributed by atoms with Gasteiger partial charge < -0.3 is 42.6 Å². The number of benzene rings is 6. The van der Waals surface area contributed by atoms with Crippen LogP contribution in [0.1, 0.15) is 33.4 Å². The molecule has 0 fully saturated rings. The van der Waals surface area contributed by atoms with Crippen LogP contribution in [0, 0.1) is 24.7 Å². The molecule has 352 valence electrons. The zero-order valence-corrected chi connectivity index (χ0v) is 38.6. The number of hydrogen-bond donors (Lipinski definition) is 0. The van der Waals surface area contributed by atoms with Crippen LogP contribution in [-0.4, -0.2) is 89.9 Å². The SMILES string of the molecule is C#CCO[C@H]1C=C[C@@H](OCCOCCO[C@@H]2C=C[C@H](OCC#C)[C@@H](COC(c3ccccc3)(c3ccccc3)c3ccccc3)O2)O[C@@H]1COC(c1ccccc1)(c1ccccc1)c1ccccc1. The van der Waals surface area contributed by atoms with Gasteiger partial charge in [-0.15, -0.1) is 12.8 Å². The van der Waals surface area contributed by atoms with E-state index in [0.717, 1.165) is 33.4 Å². The van der Waals surface area contributed by atoms with Gasteiger partial charge in [0.1, 0.15) is 48.8 Å². The topological polar surface area (TPSA) is 83.1 Å². The summed E-state index contributed by atoms with van der Waals surface area (Å²) in [5, 5.41) is 0. The smallest absolute Gasteiger partial charge is 0.177 e. The standard InChI is InChI=1S/C60H58O9/c1-3-39-62-53-35-37-57(68-55(53)45-66-59(47-23-11-5-12-24-47,48-25-13-6-14-26-48)49-27-15-7-16-28-49)64-43-41-61-42-44-65-58-38-36-54(63-40-4-2)56(69-58)46-67-60(50-29-17-8-18-30-50,51-31-19-9-20-32-51)52-33-21-10-22-34-52/h1-2,5-38,53-58H,39-46H2/t53-,54-,55+,56+,57-,58-/m0/s1. The molecule has 2 heterocycles. The number of terminal acetylenes is 2. The Labute approximate surface area is 406 Å². The van der Waals surface area contributed by atoms with Gasteiger partial charge in [0.25, 0.3) is 0 Å². The highest BCUT2D eigenvalue weighted by atomic mass is 16.7. The third-order valence-corrected chi connectivity index (χ3v) is 12.0. The van der Waals surface area contributed by atoms with E-state index in [4.69, 9.17) is 55.5 Å². The molecule has 9 heteroatoms. The molecule has 0 aliphatic carbocycles. The molecule has 2 aliphatic heterocycles. The van der Waals surface area contributed by atoms with E-state index < -0.39 is 48.2 Å². The minimum atomic E-state index is -0.944. The van der Waals surface area contributed by atoms with Gasteiger partial charge in [0, 0.05) is 0 Å². The Balaban J connectivity index is 0.862. The Morgan fingerprint density at radius 1 is 0.377 bits per heavy atom. The molecule has 0 aromatic heterocycles. The fourth-order valence-corrected chi connectivity index (χ4v) is 8.81. The van der Waals surface area contributed by atoms with Crippen LogP contribution in [0.15, 0.2) is 206 Å². The van der Waals surface area contributed by atoms with E-state index in [1.165, 1.54) is 0 Å². The molecule has 0 saturated carbocycles. The average Bonchev–Trinajstić information content (AvgIpc) is 3.42. The zero-order chi connectivity index (χ0) is 47.4. The van der Waals surface area contributed by atoms with Gasteiger partial charge in [0.15, 0.2) is 12.6 Å². The van der Waals surface area contributed by atoms with E-state index in [1.54, 1.807) is 0 Å². The van der Waals surface area contributed by atoms with Gasteiger partial charge in [-0.2, -0.15) is 0 Å². The lowest BCUT2D eigenvalue weighted by atomic mass is 9.80. The Morgan fingerprint density at radius 3 is 0.942 bits per heavy atom. The molecule has 0 spiro atoms. The molecule has 6 atom stereocenters. The predicted octanol–water partition coefficient (Wildman–Crippen LogP) is 9.65. The maximum Gasteiger partial charge on any atom is 0.177 e. The monoisotopic (exact) mass is 922 g/mol. The van der Waals surface area contributed by atoms with Gasteiger partial charge in [-0.3, -0.25) is 0 Å². The van der Waals surface area contributed by atoms with Crippen LogP contribution in [-0.2, 0) is 53.8 Å².